The third-order valence-electron chi connectivity index (χ3n) is 11.2. The van der Waals surface area contributed by atoms with Gasteiger partial charge in [0.05, 0.1) is 7.11 Å². The number of benzene rings is 1. The van der Waals surface area contributed by atoms with Crippen molar-refractivity contribution in [2.75, 3.05) is 13.7 Å². The Labute approximate surface area is 238 Å². The van der Waals surface area contributed by atoms with Gasteiger partial charge in [-0.3, -0.25) is 14.4 Å². The molecular weight excluding hydrogens is 500 g/mol. The second kappa shape index (κ2) is 11.2. The van der Waals surface area contributed by atoms with Crippen LogP contribution in [0.2, 0.25) is 0 Å². The van der Waals surface area contributed by atoms with Crippen molar-refractivity contribution in [1.29, 1.82) is 0 Å². The second-order valence-electron chi connectivity index (χ2n) is 13.2. The predicted octanol–water partition coefficient (Wildman–Crippen LogP) is 6.58. The fourth-order valence-corrected chi connectivity index (χ4v) is 9.09. The van der Waals surface area contributed by atoms with Gasteiger partial charge in [-0.1, -0.05) is 19.4 Å². The summed E-state index contributed by atoms with van der Waals surface area (Å²) in [5, 5.41) is 3.94. The van der Waals surface area contributed by atoms with Crippen molar-refractivity contribution in [2.45, 2.75) is 85.5 Å². The lowest BCUT2D eigenvalue weighted by atomic mass is 9.47. The first-order chi connectivity index (χ1) is 19.1. The molecular formula is C34H46N2O4. The fraction of sp³-hybridized carbons (Fsp3) is 0.618. The number of nitrogens with one attached hydrogen (secondary N) is 2. The third kappa shape index (κ3) is 5.14. The Bertz CT molecular complexity index is 1320. The Balaban J connectivity index is 0.000000170. The molecule has 1 amide bonds. The van der Waals surface area contributed by atoms with Crippen LogP contribution in [-0.2, 0) is 20.8 Å². The maximum atomic E-state index is 12.1. The minimum atomic E-state index is 0.00224. The second-order valence-corrected chi connectivity index (χ2v) is 13.2. The molecule has 0 aliphatic heterocycles. The molecule has 4 aliphatic carbocycles. The number of carbonyl (C=O) groups is 3. The maximum Gasteiger partial charge on any atom is 0.216 e. The summed E-state index contributed by atoms with van der Waals surface area (Å²) >= 11 is 0. The zero-order valence-corrected chi connectivity index (χ0v) is 24.9. The highest BCUT2D eigenvalue weighted by Gasteiger charge is 2.59. The number of fused-ring (bicyclic) bond motifs is 6. The van der Waals surface area contributed by atoms with Crippen LogP contribution in [0.5, 0.6) is 5.75 Å². The topological polar surface area (TPSA) is 88.3 Å². The molecule has 2 N–H and O–H groups in total. The summed E-state index contributed by atoms with van der Waals surface area (Å²) in [6.45, 7) is 8.82. The van der Waals surface area contributed by atoms with E-state index in [-0.39, 0.29) is 16.7 Å². The van der Waals surface area contributed by atoms with E-state index in [1.54, 1.807) is 14.0 Å². The number of H-pyrrole nitrogens is 1. The molecule has 6 rings (SSSR count). The van der Waals surface area contributed by atoms with Crippen LogP contribution in [0.15, 0.2) is 36.0 Å². The van der Waals surface area contributed by atoms with Crippen molar-refractivity contribution < 1.29 is 19.1 Å². The molecule has 6 heteroatoms. The normalized spacial score (nSPS) is 32.6. The maximum absolute atomic E-state index is 12.1. The first-order valence-electron chi connectivity index (χ1n) is 15.2. The largest absolute Gasteiger partial charge is 0.497 e. The Morgan fingerprint density at radius 1 is 1.05 bits per heavy atom. The van der Waals surface area contributed by atoms with Gasteiger partial charge in [0.15, 0.2) is 5.78 Å². The summed E-state index contributed by atoms with van der Waals surface area (Å²) in [5.41, 5.74) is 4.22. The molecule has 40 heavy (non-hydrogen) atoms. The molecule has 4 aliphatic rings. The van der Waals surface area contributed by atoms with Crippen molar-refractivity contribution in [3.05, 3.63) is 41.6 Å². The molecule has 3 fully saturated rings. The first kappa shape index (κ1) is 28.6. The van der Waals surface area contributed by atoms with E-state index in [2.05, 4.69) is 24.1 Å². The van der Waals surface area contributed by atoms with Gasteiger partial charge in [0.25, 0.3) is 0 Å². The van der Waals surface area contributed by atoms with Gasteiger partial charge in [0.2, 0.25) is 5.91 Å². The van der Waals surface area contributed by atoms with Gasteiger partial charge in [-0.25, -0.2) is 0 Å². The van der Waals surface area contributed by atoms with Gasteiger partial charge < -0.3 is 15.0 Å². The van der Waals surface area contributed by atoms with Gasteiger partial charge in [0, 0.05) is 42.9 Å². The number of hydrogen-bond donors (Lipinski definition) is 2. The van der Waals surface area contributed by atoms with E-state index in [1.165, 1.54) is 43.7 Å². The molecule has 1 aromatic heterocycles. The van der Waals surface area contributed by atoms with Crippen LogP contribution in [0, 0.1) is 34.5 Å². The van der Waals surface area contributed by atoms with Crippen molar-refractivity contribution in [3.63, 3.8) is 0 Å². The van der Waals surface area contributed by atoms with Gasteiger partial charge >= 0.3 is 0 Å². The van der Waals surface area contributed by atoms with Crippen LogP contribution < -0.4 is 10.1 Å². The van der Waals surface area contributed by atoms with Crippen LogP contribution in [0.4, 0.5) is 0 Å². The summed E-state index contributed by atoms with van der Waals surface area (Å²) in [7, 11) is 1.66. The highest BCUT2D eigenvalue weighted by Crippen LogP contribution is 2.66. The van der Waals surface area contributed by atoms with Crippen LogP contribution in [0.25, 0.3) is 10.9 Å². The van der Waals surface area contributed by atoms with Crippen molar-refractivity contribution in [1.82, 2.24) is 10.3 Å². The molecule has 1 heterocycles. The summed E-state index contributed by atoms with van der Waals surface area (Å²) < 4.78 is 5.21. The lowest BCUT2D eigenvalue weighted by Gasteiger charge is -2.58. The zero-order valence-electron chi connectivity index (χ0n) is 24.9. The van der Waals surface area contributed by atoms with E-state index in [0.717, 1.165) is 66.5 Å². The number of aromatic nitrogens is 1. The fourth-order valence-electron chi connectivity index (χ4n) is 9.09. The minimum Gasteiger partial charge on any atom is -0.497 e. The predicted molar refractivity (Wildman–Crippen MR) is 158 cm³/mol. The highest BCUT2D eigenvalue weighted by atomic mass is 16.5. The quantitative estimate of drug-likeness (QED) is 0.443. The molecule has 0 unspecified atom stereocenters. The minimum absolute atomic E-state index is 0.00224. The molecule has 6 atom stereocenters. The molecule has 0 radical (unpaired) electrons. The number of methoxy groups -OCH3 is 1. The Hall–Kier alpha value is -2.89. The van der Waals surface area contributed by atoms with Crippen LogP contribution in [-0.4, -0.2) is 36.1 Å². The van der Waals surface area contributed by atoms with Gasteiger partial charge in [-0.2, -0.15) is 0 Å². The van der Waals surface area contributed by atoms with Gasteiger partial charge in [-0.05, 0) is 117 Å². The summed E-state index contributed by atoms with van der Waals surface area (Å²) in [4.78, 5) is 38.0. The number of aromatic amines is 1. The lowest BCUT2D eigenvalue weighted by molar-refractivity contribution is -0.128. The number of rotatable bonds is 5. The van der Waals surface area contributed by atoms with Crippen molar-refractivity contribution in [2.24, 2.45) is 34.5 Å². The number of ether oxygens (including phenoxy) is 1. The van der Waals surface area contributed by atoms with E-state index in [9.17, 15) is 14.4 Å². The molecule has 3 saturated carbocycles. The van der Waals surface area contributed by atoms with Gasteiger partial charge in [0.1, 0.15) is 11.5 Å². The van der Waals surface area contributed by atoms with Crippen LogP contribution in [0.3, 0.4) is 0 Å². The SMILES string of the molecule is CC(=O)[C@H]1CC[C@H]2[C@@H]3CCC4=CC(=O)CC[C@]4(C)[C@H]3CC[C@]12C.COc1ccc2[nH]cc(CCNC(C)=O)c2c1. The Morgan fingerprint density at radius 3 is 2.58 bits per heavy atom. The Morgan fingerprint density at radius 2 is 1.85 bits per heavy atom. The first-order valence-corrected chi connectivity index (χ1v) is 15.2. The molecule has 6 nitrogen and oxygen atoms in total. The average Bonchev–Trinajstić information content (AvgIpc) is 3.49. The monoisotopic (exact) mass is 546 g/mol. The standard InChI is InChI=1S/C21H30O2.C13H16N2O2/c1-13(22)17-6-7-18-16-5-4-14-12-15(23)8-10-20(14,2)19(16)9-11-21(17,18)3;1-9(16)14-6-5-10-8-15-13-4-3-11(17-2)7-12(10)13/h12,16-19H,4-11H2,1-3H3;3-4,7-8,15H,5-6H2,1-2H3,(H,14,16)/t16-,17+,18-,19-,20-,21+;/m0./s1. The summed E-state index contributed by atoms with van der Waals surface area (Å²) in [5.74, 6) is 4.14. The van der Waals surface area contributed by atoms with E-state index in [0.29, 0.717) is 24.0 Å². The van der Waals surface area contributed by atoms with E-state index in [4.69, 9.17) is 4.74 Å². The molecule has 0 spiro atoms. The third-order valence-corrected chi connectivity index (χ3v) is 11.2. The molecule has 1 aromatic carbocycles. The van der Waals surface area contributed by atoms with E-state index in [1.807, 2.05) is 30.5 Å². The van der Waals surface area contributed by atoms with E-state index < -0.39 is 0 Å². The molecule has 2 aromatic rings. The molecule has 0 saturated heterocycles. The number of carbonyl (C=O) groups excluding carboxylic acids is 3. The zero-order chi connectivity index (χ0) is 28.7. The number of amides is 1. The van der Waals surface area contributed by atoms with Crippen molar-refractivity contribution >= 4 is 28.4 Å². The number of Topliss-reactive ketones (excluding diaryl/α,β-unsaturated/α-hetero) is 1. The summed E-state index contributed by atoms with van der Waals surface area (Å²) in [6.07, 6.45) is 13.7. The highest BCUT2D eigenvalue weighted by molar-refractivity contribution is 5.91. The Kier molecular flexibility index (Phi) is 8.00. The number of hydrogen-bond acceptors (Lipinski definition) is 4. The number of allylic oxidation sites excluding steroid dienone is 1. The van der Waals surface area contributed by atoms with E-state index >= 15 is 0 Å². The van der Waals surface area contributed by atoms with Crippen LogP contribution >= 0.6 is 0 Å². The number of ketones is 2. The summed E-state index contributed by atoms with van der Waals surface area (Å²) in [6, 6.07) is 5.93. The average molecular weight is 547 g/mol. The smallest absolute Gasteiger partial charge is 0.216 e. The molecule has 216 valence electrons. The lowest BCUT2D eigenvalue weighted by Crippen LogP contribution is -2.51. The van der Waals surface area contributed by atoms with Crippen molar-refractivity contribution in [3.8, 4) is 5.75 Å². The van der Waals surface area contributed by atoms with Gasteiger partial charge in [-0.15, -0.1) is 0 Å². The van der Waals surface area contributed by atoms with Crippen LogP contribution in [0.1, 0.15) is 84.6 Å². The molecule has 0 bridgehead atoms.